The lowest BCUT2D eigenvalue weighted by Crippen LogP contribution is -2.40. The van der Waals surface area contributed by atoms with Crippen LogP contribution in [0, 0.1) is 0 Å². The third-order valence-corrected chi connectivity index (χ3v) is 6.32. The van der Waals surface area contributed by atoms with Gasteiger partial charge in [0.25, 0.3) is 5.91 Å². The van der Waals surface area contributed by atoms with Crippen LogP contribution in [0.15, 0.2) is 28.1 Å². The molecule has 21 heavy (non-hydrogen) atoms. The van der Waals surface area contributed by atoms with Crippen LogP contribution in [0.4, 0.5) is 0 Å². The van der Waals surface area contributed by atoms with Crippen LogP contribution in [0.5, 0.6) is 0 Å². The van der Waals surface area contributed by atoms with Gasteiger partial charge in [-0.15, -0.1) is 22.7 Å². The second-order valence-electron chi connectivity index (χ2n) is 4.76. The molecule has 1 aliphatic rings. The normalized spacial score (nSPS) is 18.1. The molecule has 1 aliphatic heterocycles. The van der Waals surface area contributed by atoms with Crippen molar-refractivity contribution in [3.8, 4) is 9.75 Å². The lowest BCUT2D eigenvalue weighted by Gasteiger charge is -2.20. The first kappa shape index (κ1) is 14.7. The maximum Gasteiger partial charge on any atom is 0.326 e. The van der Waals surface area contributed by atoms with E-state index in [0.29, 0.717) is 17.8 Å². The van der Waals surface area contributed by atoms with E-state index in [1.54, 1.807) is 17.4 Å². The molecule has 7 heteroatoms. The highest BCUT2D eigenvalue weighted by Gasteiger charge is 2.34. The molecular formula is C14H12BrNO3S2. The van der Waals surface area contributed by atoms with E-state index in [1.807, 2.05) is 18.2 Å². The Balaban J connectivity index is 1.83. The van der Waals surface area contributed by atoms with Gasteiger partial charge in [-0.25, -0.2) is 4.79 Å². The van der Waals surface area contributed by atoms with Gasteiger partial charge < -0.3 is 10.0 Å². The molecule has 0 saturated carbocycles. The molecule has 1 atom stereocenters. The molecule has 0 radical (unpaired) electrons. The SMILES string of the molecule is O=C(O)[C@H]1CCCN1C(=O)c1ccc(-c2ccc(Br)s2)s1. The summed E-state index contributed by atoms with van der Waals surface area (Å²) in [5, 5.41) is 9.17. The molecule has 110 valence electrons. The van der Waals surface area contributed by atoms with Gasteiger partial charge in [0.1, 0.15) is 6.04 Å². The van der Waals surface area contributed by atoms with Crippen molar-refractivity contribution in [1.29, 1.82) is 0 Å². The predicted octanol–water partition coefficient (Wildman–Crippen LogP) is 3.93. The molecule has 0 spiro atoms. The molecule has 1 saturated heterocycles. The van der Waals surface area contributed by atoms with Gasteiger partial charge >= 0.3 is 5.97 Å². The number of hydrogen-bond donors (Lipinski definition) is 1. The van der Waals surface area contributed by atoms with E-state index >= 15 is 0 Å². The Hall–Kier alpha value is -1.18. The van der Waals surface area contributed by atoms with Crippen molar-refractivity contribution in [2.24, 2.45) is 0 Å². The summed E-state index contributed by atoms with van der Waals surface area (Å²) in [4.78, 5) is 27.9. The zero-order valence-electron chi connectivity index (χ0n) is 10.9. The fourth-order valence-corrected chi connectivity index (χ4v) is 4.88. The molecule has 3 rings (SSSR count). The number of thiophene rings is 2. The molecule has 1 amide bonds. The standard InChI is InChI=1S/C14H12BrNO3S2/c15-12-6-5-10(21-12)9-3-4-11(20-9)13(17)16-7-1-2-8(16)14(18)19/h3-6,8H,1-2,7H2,(H,18,19)/t8-/m1/s1. The fraction of sp³-hybridized carbons (Fsp3) is 0.286. The number of hydrogen-bond acceptors (Lipinski definition) is 4. The lowest BCUT2D eigenvalue weighted by molar-refractivity contribution is -0.141. The number of carboxylic acid groups (broad SMARTS) is 1. The van der Waals surface area contributed by atoms with Crippen molar-refractivity contribution in [3.05, 3.63) is 32.9 Å². The van der Waals surface area contributed by atoms with E-state index in [4.69, 9.17) is 0 Å². The molecule has 0 bridgehead atoms. The van der Waals surface area contributed by atoms with Gasteiger partial charge in [-0.1, -0.05) is 0 Å². The maximum atomic E-state index is 12.5. The highest BCUT2D eigenvalue weighted by atomic mass is 79.9. The summed E-state index contributed by atoms with van der Waals surface area (Å²) in [7, 11) is 0. The second-order valence-corrected chi connectivity index (χ2v) is 8.31. The Kier molecular flexibility index (Phi) is 4.14. The molecule has 2 aromatic heterocycles. The summed E-state index contributed by atoms with van der Waals surface area (Å²) < 4.78 is 1.05. The van der Waals surface area contributed by atoms with Crippen LogP contribution in [0.1, 0.15) is 22.5 Å². The van der Waals surface area contributed by atoms with Crippen LogP contribution in [0.25, 0.3) is 9.75 Å². The summed E-state index contributed by atoms with van der Waals surface area (Å²) in [6.45, 7) is 0.521. The molecule has 0 aliphatic carbocycles. The molecular weight excluding hydrogens is 374 g/mol. The van der Waals surface area contributed by atoms with Crippen molar-refractivity contribution in [3.63, 3.8) is 0 Å². The summed E-state index contributed by atoms with van der Waals surface area (Å²) in [5.41, 5.74) is 0. The summed E-state index contributed by atoms with van der Waals surface area (Å²) >= 11 is 6.45. The van der Waals surface area contributed by atoms with Gasteiger partial charge in [-0.3, -0.25) is 4.79 Å². The molecule has 4 nitrogen and oxygen atoms in total. The van der Waals surface area contributed by atoms with Gasteiger partial charge in [0.2, 0.25) is 0 Å². The third kappa shape index (κ3) is 2.90. The van der Waals surface area contributed by atoms with Crippen molar-refractivity contribution in [2.75, 3.05) is 6.54 Å². The van der Waals surface area contributed by atoms with E-state index in [0.717, 1.165) is 20.0 Å². The van der Waals surface area contributed by atoms with Gasteiger partial charge in [0.15, 0.2) is 0 Å². The molecule has 1 N–H and O–H groups in total. The Bertz CT molecular complexity index is 694. The molecule has 1 fully saturated rings. The zero-order valence-corrected chi connectivity index (χ0v) is 14.1. The van der Waals surface area contributed by atoms with Crippen molar-refractivity contribution >= 4 is 50.5 Å². The summed E-state index contributed by atoms with van der Waals surface area (Å²) in [6, 6.07) is 7.00. The topological polar surface area (TPSA) is 57.6 Å². The average molecular weight is 386 g/mol. The number of aliphatic carboxylic acids is 1. The number of carboxylic acids is 1. The highest BCUT2D eigenvalue weighted by Crippen LogP contribution is 2.36. The Morgan fingerprint density at radius 1 is 1.19 bits per heavy atom. The summed E-state index contributed by atoms with van der Waals surface area (Å²) in [5.74, 6) is -1.09. The van der Waals surface area contributed by atoms with Crippen LogP contribution in [-0.4, -0.2) is 34.5 Å². The van der Waals surface area contributed by atoms with Gasteiger partial charge in [0, 0.05) is 16.3 Å². The maximum absolute atomic E-state index is 12.5. The minimum atomic E-state index is -0.917. The number of nitrogens with zero attached hydrogens (tertiary/aromatic N) is 1. The van der Waals surface area contributed by atoms with Crippen LogP contribution < -0.4 is 0 Å². The van der Waals surface area contributed by atoms with Crippen LogP contribution in [0.3, 0.4) is 0 Å². The summed E-state index contributed by atoms with van der Waals surface area (Å²) in [6.07, 6.45) is 1.29. The lowest BCUT2D eigenvalue weighted by atomic mass is 10.2. The molecule has 2 aromatic rings. The number of amides is 1. The van der Waals surface area contributed by atoms with Gasteiger partial charge in [0.05, 0.1) is 8.66 Å². The van der Waals surface area contributed by atoms with Crippen molar-refractivity contribution in [1.82, 2.24) is 4.90 Å². The number of halogens is 1. The van der Waals surface area contributed by atoms with Crippen molar-refractivity contribution in [2.45, 2.75) is 18.9 Å². The Morgan fingerprint density at radius 3 is 2.57 bits per heavy atom. The number of carbonyl (C=O) groups is 2. The quantitative estimate of drug-likeness (QED) is 0.870. The van der Waals surface area contributed by atoms with Crippen LogP contribution in [-0.2, 0) is 4.79 Å². The highest BCUT2D eigenvalue weighted by molar-refractivity contribution is 9.11. The second kappa shape index (κ2) is 5.90. The van der Waals surface area contributed by atoms with E-state index in [9.17, 15) is 14.7 Å². The van der Waals surface area contributed by atoms with E-state index in [1.165, 1.54) is 16.2 Å². The smallest absolute Gasteiger partial charge is 0.326 e. The Morgan fingerprint density at radius 2 is 1.90 bits per heavy atom. The van der Waals surface area contributed by atoms with Gasteiger partial charge in [-0.05, 0) is 53.0 Å². The monoisotopic (exact) mass is 385 g/mol. The fourth-order valence-electron chi connectivity index (χ4n) is 2.44. The first-order chi connectivity index (χ1) is 10.1. The number of rotatable bonds is 3. The van der Waals surface area contributed by atoms with Gasteiger partial charge in [-0.2, -0.15) is 0 Å². The van der Waals surface area contributed by atoms with E-state index in [-0.39, 0.29) is 5.91 Å². The van der Waals surface area contributed by atoms with Crippen LogP contribution in [0.2, 0.25) is 0 Å². The molecule has 0 unspecified atom stereocenters. The number of carbonyl (C=O) groups excluding carboxylic acids is 1. The number of likely N-dealkylation sites (tertiary alicyclic amines) is 1. The predicted molar refractivity (Wildman–Crippen MR) is 87.0 cm³/mol. The van der Waals surface area contributed by atoms with E-state index < -0.39 is 12.0 Å². The molecule has 0 aromatic carbocycles. The average Bonchev–Trinajstić information content (AvgIpc) is 3.17. The van der Waals surface area contributed by atoms with Crippen molar-refractivity contribution < 1.29 is 14.7 Å². The minimum Gasteiger partial charge on any atom is -0.480 e. The Labute approximate surface area is 138 Å². The third-order valence-electron chi connectivity index (χ3n) is 3.43. The minimum absolute atomic E-state index is 0.174. The van der Waals surface area contributed by atoms with Crippen LogP contribution >= 0.6 is 38.6 Å². The molecule has 3 heterocycles. The first-order valence-corrected chi connectivity index (χ1v) is 8.88. The largest absolute Gasteiger partial charge is 0.480 e. The first-order valence-electron chi connectivity index (χ1n) is 6.45. The van der Waals surface area contributed by atoms with E-state index in [2.05, 4.69) is 15.9 Å². The zero-order chi connectivity index (χ0) is 15.0.